The van der Waals surface area contributed by atoms with Gasteiger partial charge in [0.2, 0.25) is 0 Å². The van der Waals surface area contributed by atoms with Crippen LogP contribution >= 0.6 is 15.9 Å². The molecule has 0 aliphatic carbocycles. The van der Waals surface area contributed by atoms with E-state index >= 15 is 0 Å². The molecule has 1 saturated heterocycles. The first-order chi connectivity index (χ1) is 8.15. The van der Waals surface area contributed by atoms with Gasteiger partial charge in [-0.15, -0.1) is 0 Å². The van der Waals surface area contributed by atoms with Crippen LogP contribution in [0.25, 0.3) is 0 Å². The normalized spacial score (nSPS) is 18.1. The number of nitrogens with one attached hydrogen (secondary N) is 1. The van der Waals surface area contributed by atoms with Crippen LogP contribution in [0, 0.1) is 11.8 Å². The molecule has 1 atom stereocenters. The van der Waals surface area contributed by atoms with Gasteiger partial charge in [0.15, 0.2) is 0 Å². The summed E-state index contributed by atoms with van der Waals surface area (Å²) in [6.45, 7) is 6.99. The molecule has 0 radical (unpaired) electrons. The van der Waals surface area contributed by atoms with Crippen molar-refractivity contribution in [3.8, 4) is 0 Å². The maximum atomic E-state index is 3.47. The predicted octanol–water partition coefficient (Wildman–Crippen LogP) is 2.74. The predicted molar refractivity (Wildman–Crippen MR) is 76.0 cm³/mol. The fraction of sp³-hybridized carbons (Fsp3) is 0.571. The number of hydrogen-bond acceptors (Lipinski definition) is 2. The van der Waals surface area contributed by atoms with E-state index in [1.165, 1.54) is 25.2 Å². The Hall–Kier alpha value is -0.380. The molecule has 1 aliphatic rings. The molecule has 0 aromatic heterocycles. The van der Waals surface area contributed by atoms with Crippen LogP contribution < -0.4 is 5.32 Å². The topological polar surface area (TPSA) is 15.3 Å². The van der Waals surface area contributed by atoms with Gasteiger partial charge in [-0.3, -0.25) is 0 Å². The summed E-state index contributed by atoms with van der Waals surface area (Å²) in [6.07, 6.45) is 0. The second kappa shape index (κ2) is 5.98. The van der Waals surface area contributed by atoms with E-state index in [0.717, 1.165) is 22.9 Å². The number of benzene rings is 1. The Morgan fingerprint density at radius 1 is 1.35 bits per heavy atom. The van der Waals surface area contributed by atoms with E-state index in [1.54, 1.807) is 0 Å². The van der Waals surface area contributed by atoms with Gasteiger partial charge >= 0.3 is 0 Å². The summed E-state index contributed by atoms with van der Waals surface area (Å²) < 4.78 is 1.15. The second-order valence-electron chi connectivity index (χ2n) is 5.22. The van der Waals surface area contributed by atoms with Gasteiger partial charge in [0.05, 0.1) is 0 Å². The zero-order valence-corrected chi connectivity index (χ0v) is 12.2. The first-order valence-electron chi connectivity index (χ1n) is 6.29. The second-order valence-corrected chi connectivity index (χ2v) is 6.13. The van der Waals surface area contributed by atoms with Crippen molar-refractivity contribution in [1.29, 1.82) is 0 Å². The van der Waals surface area contributed by atoms with E-state index < -0.39 is 0 Å². The molecule has 1 aromatic rings. The summed E-state index contributed by atoms with van der Waals surface area (Å²) in [6, 6.07) is 8.61. The third kappa shape index (κ3) is 3.80. The minimum Gasteiger partial charge on any atom is -0.316 e. The van der Waals surface area contributed by atoms with Crippen molar-refractivity contribution in [3.63, 3.8) is 0 Å². The van der Waals surface area contributed by atoms with Crippen LogP contribution in [0.2, 0.25) is 0 Å². The van der Waals surface area contributed by atoms with E-state index in [9.17, 15) is 0 Å². The lowest BCUT2D eigenvalue weighted by Crippen LogP contribution is -2.47. The van der Waals surface area contributed by atoms with Crippen molar-refractivity contribution in [2.75, 3.05) is 26.7 Å². The van der Waals surface area contributed by atoms with Gasteiger partial charge in [-0.25, -0.2) is 0 Å². The fourth-order valence-corrected chi connectivity index (χ4v) is 2.58. The first kappa shape index (κ1) is 13.1. The van der Waals surface area contributed by atoms with Crippen LogP contribution in [0.4, 0.5) is 0 Å². The van der Waals surface area contributed by atoms with Crippen molar-refractivity contribution < 1.29 is 0 Å². The molecular formula is C14H21BrN2. The molecule has 1 aliphatic heterocycles. The molecule has 0 bridgehead atoms. The summed E-state index contributed by atoms with van der Waals surface area (Å²) >= 11 is 3.47. The Morgan fingerprint density at radius 2 is 2.00 bits per heavy atom. The van der Waals surface area contributed by atoms with Crippen LogP contribution in [0.15, 0.2) is 28.7 Å². The summed E-state index contributed by atoms with van der Waals surface area (Å²) in [7, 11) is 2.21. The van der Waals surface area contributed by atoms with Gasteiger partial charge in [0.25, 0.3) is 0 Å². The molecule has 2 nitrogen and oxygen atoms in total. The smallest absolute Gasteiger partial charge is 0.0230 e. The average molecular weight is 297 g/mol. The van der Waals surface area contributed by atoms with Crippen molar-refractivity contribution in [2.45, 2.75) is 13.5 Å². The highest BCUT2D eigenvalue weighted by Crippen LogP contribution is 2.18. The monoisotopic (exact) mass is 296 g/mol. The highest BCUT2D eigenvalue weighted by atomic mass is 79.9. The van der Waals surface area contributed by atoms with Crippen molar-refractivity contribution in [3.05, 3.63) is 34.3 Å². The van der Waals surface area contributed by atoms with E-state index in [-0.39, 0.29) is 0 Å². The van der Waals surface area contributed by atoms with Crippen LogP contribution in [-0.4, -0.2) is 31.6 Å². The zero-order chi connectivity index (χ0) is 12.3. The van der Waals surface area contributed by atoms with Gasteiger partial charge in [-0.05, 0) is 49.7 Å². The lowest BCUT2D eigenvalue weighted by Gasteiger charge is -2.34. The van der Waals surface area contributed by atoms with E-state index in [4.69, 9.17) is 0 Å². The average Bonchev–Trinajstić information content (AvgIpc) is 2.18. The quantitative estimate of drug-likeness (QED) is 0.899. The van der Waals surface area contributed by atoms with Crippen LogP contribution in [-0.2, 0) is 6.54 Å². The molecule has 1 N–H and O–H groups in total. The molecule has 2 rings (SSSR count). The number of rotatable bonds is 5. The van der Waals surface area contributed by atoms with Crippen molar-refractivity contribution in [2.24, 2.45) is 11.8 Å². The van der Waals surface area contributed by atoms with E-state index in [0.29, 0.717) is 0 Å². The first-order valence-corrected chi connectivity index (χ1v) is 7.08. The molecule has 94 valence electrons. The SMILES string of the molecule is CC(CN(C)Cc1ccc(Br)cc1)C1CNC1. The zero-order valence-electron chi connectivity index (χ0n) is 10.6. The Balaban J connectivity index is 1.79. The molecule has 1 heterocycles. The molecule has 3 heteroatoms. The minimum absolute atomic E-state index is 0.789. The summed E-state index contributed by atoms with van der Waals surface area (Å²) in [5.74, 6) is 1.67. The van der Waals surface area contributed by atoms with Gasteiger partial charge in [-0.1, -0.05) is 35.0 Å². The summed E-state index contributed by atoms with van der Waals surface area (Å²) in [5.41, 5.74) is 1.38. The van der Waals surface area contributed by atoms with Gasteiger partial charge < -0.3 is 10.2 Å². The maximum Gasteiger partial charge on any atom is 0.0230 e. The number of hydrogen-bond donors (Lipinski definition) is 1. The highest BCUT2D eigenvalue weighted by Gasteiger charge is 2.24. The standard InChI is InChI=1S/C14H21BrN2/c1-11(13-7-16-8-13)9-17(2)10-12-3-5-14(15)6-4-12/h3-6,11,13,16H,7-10H2,1-2H3. The minimum atomic E-state index is 0.789. The van der Waals surface area contributed by atoms with Crippen molar-refractivity contribution in [1.82, 2.24) is 10.2 Å². The number of nitrogens with zero attached hydrogens (tertiary/aromatic N) is 1. The molecule has 1 unspecified atom stereocenters. The van der Waals surface area contributed by atoms with Crippen LogP contribution in [0.5, 0.6) is 0 Å². The Bertz CT molecular complexity index is 346. The molecule has 1 fully saturated rings. The Morgan fingerprint density at radius 3 is 2.53 bits per heavy atom. The Labute approximate surface area is 113 Å². The van der Waals surface area contributed by atoms with Crippen LogP contribution in [0.3, 0.4) is 0 Å². The van der Waals surface area contributed by atoms with Crippen LogP contribution in [0.1, 0.15) is 12.5 Å². The lowest BCUT2D eigenvalue weighted by molar-refractivity contribution is 0.182. The molecule has 0 spiro atoms. The Kier molecular flexibility index (Phi) is 4.60. The summed E-state index contributed by atoms with van der Waals surface area (Å²) in [4.78, 5) is 2.42. The van der Waals surface area contributed by atoms with Gasteiger partial charge in [0, 0.05) is 17.6 Å². The molecule has 17 heavy (non-hydrogen) atoms. The molecule has 0 amide bonds. The van der Waals surface area contributed by atoms with Gasteiger partial charge in [0.1, 0.15) is 0 Å². The largest absolute Gasteiger partial charge is 0.316 e. The highest BCUT2D eigenvalue weighted by molar-refractivity contribution is 9.10. The van der Waals surface area contributed by atoms with E-state index in [1.807, 2.05) is 0 Å². The van der Waals surface area contributed by atoms with Gasteiger partial charge in [-0.2, -0.15) is 0 Å². The molecule has 1 aromatic carbocycles. The third-order valence-corrected chi connectivity index (χ3v) is 4.11. The van der Waals surface area contributed by atoms with E-state index in [2.05, 4.69) is 64.4 Å². The fourth-order valence-electron chi connectivity index (χ4n) is 2.32. The summed E-state index contributed by atoms with van der Waals surface area (Å²) in [5, 5.41) is 3.35. The third-order valence-electron chi connectivity index (χ3n) is 3.58. The molecular weight excluding hydrogens is 276 g/mol. The lowest BCUT2D eigenvalue weighted by atomic mass is 9.88. The molecule has 0 saturated carbocycles. The van der Waals surface area contributed by atoms with Crippen molar-refractivity contribution >= 4 is 15.9 Å². The number of halogens is 1. The maximum absolute atomic E-state index is 3.47.